The fourth-order valence-corrected chi connectivity index (χ4v) is 5.20. The zero-order valence-corrected chi connectivity index (χ0v) is 11.3. The molecule has 4 atom stereocenters. The van der Waals surface area contributed by atoms with Gasteiger partial charge in [-0.15, -0.1) is 11.8 Å². The van der Waals surface area contributed by atoms with E-state index in [4.69, 9.17) is 5.26 Å². The summed E-state index contributed by atoms with van der Waals surface area (Å²) in [6.45, 7) is 6.82. The molecule has 2 aliphatic rings. The van der Waals surface area contributed by atoms with Gasteiger partial charge in [-0.05, 0) is 36.0 Å². The average Bonchev–Trinajstić information content (AvgIpc) is 2.57. The van der Waals surface area contributed by atoms with E-state index in [9.17, 15) is 9.90 Å². The maximum Gasteiger partial charge on any atom is 0.131 e. The van der Waals surface area contributed by atoms with Crippen LogP contribution in [0.15, 0.2) is 0 Å². The molecule has 0 radical (unpaired) electrons. The monoisotopic (exact) mass is 252 g/mol. The Balaban J connectivity index is 2.16. The van der Waals surface area contributed by atoms with Crippen LogP contribution in [0.25, 0.3) is 0 Å². The fraction of sp³-hybridized carbons (Fsp3) is 0.846. The summed E-state index contributed by atoms with van der Waals surface area (Å²) in [5.74, 6) is -0.576. The summed E-state index contributed by atoms with van der Waals surface area (Å²) < 4.78 is 0. The lowest BCUT2D eigenvalue weighted by Gasteiger charge is -2.39. The van der Waals surface area contributed by atoms with Crippen LogP contribution >= 0.6 is 11.8 Å². The second kappa shape index (κ2) is 3.91. The Morgan fingerprint density at radius 3 is 2.53 bits per heavy atom. The number of fused-ring (bicyclic) bond motifs is 2. The van der Waals surface area contributed by atoms with Crippen molar-refractivity contribution in [1.82, 2.24) is 0 Å². The van der Waals surface area contributed by atoms with Crippen LogP contribution in [0.5, 0.6) is 0 Å². The normalized spacial score (nSPS) is 39.9. The molecule has 3 nitrogen and oxygen atoms in total. The van der Waals surface area contributed by atoms with Gasteiger partial charge < -0.3 is 9.90 Å². The highest BCUT2D eigenvalue weighted by Crippen LogP contribution is 2.68. The van der Waals surface area contributed by atoms with E-state index in [0.717, 1.165) is 12.8 Å². The van der Waals surface area contributed by atoms with Crippen LogP contribution in [0, 0.1) is 28.1 Å². The molecule has 2 fully saturated rings. The van der Waals surface area contributed by atoms with Gasteiger partial charge in [0.25, 0.3) is 0 Å². The number of carboxylic acids is 1. The van der Waals surface area contributed by atoms with Gasteiger partial charge in [0.1, 0.15) is 5.25 Å². The Labute approximate surface area is 107 Å². The van der Waals surface area contributed by atoms with Gasteiger partial charge in [0.05, 0.1) is 12.0 Å². The van der Waals surface area contributed by atoms with Gasteiger partial charge in [-0.25, -0.2) is 0 Å². The van der Waals surface area contributed by atoms with Crippen LogP contribution in [0.1, 0.15) is 40.0 Å². The Kier molecular flexibility index (Phi) is 2.94. The molecule has 0 aliphatic heterocycles. The SMILES string of the molecule is CC1(C)C2CCC1(C)C(SC(C#N)C(=O)[O-])C2. The van der Waals surface area contributed by atoms with Crippen molar-refractivity contribution in [2.75, 3.05) is 0 Å². The van der Waals surface area contributed by atoms with E-state index in [2.05, 4.69) is 20.8 Å². The quantitative estimate of drug-likeness (QED) is 0.765. The van der Waals surface area contributed by atoms with E-state index in [1.165, 1.54) is 18.2 Å². The second-order valence-corrected chi connectivity index (χ2v) is 7.38. The molecule has 0 aromatic heterocycles. The Morgan fingerprint density at radius 2 is 2.18 bits per heavy atom. The van der Waals surface area contributed by atoms with E-state index in [1.807, 2.05) is 6.07 Å². The third-order valence-electron chi connectivity index (χ3n) is 5.35. The molecule has 4 unspecified atom stereocenters. The molecule has 2 bridgehead atoms. The Hall–Kier alpha value is -0.690. The number of carboxylic acid groups (broad SMARTS) is 1. The number of thioether (sulfide) groups is 1. The highest BCUT2D eigenvalue weighted by Gasteiger charge is 2.61. The van der Waals surface area contributed by atoms with Crippen molar-refractivity contribution in [1.29, 1.82) is 5.26 Å². The largest absolute Gasteiger partial charge is 0.548 e. The molecule has 0 N–H and O–H groups in total. The van der Waals surface area contributed by atoms with Crippen molar-refractivity contribution in [2.45, 2.75) is 50.5 Å². The lowest BCUT2D eigenvalue weighted by Crippen LogP contribution is -2.38. The van der Waals surface area contributed by atoms with Gasteiger partial charge in [0.2, 0.25) is 0 Å². The lowest BCUT2D eigenvalue weighted by atomic mass is 9.71. The number of hydrogen-bond acceptors (Lipinski definition) is 4. The lowest BCUT2D eigenvalue weighted by molar-refractivity contribution is -0.303. The number of nitriles is 1. The van der Waals surface area contributed by atoms with E-state index >= 15 is 0 Å². The fourth-order valence-electron chi connectivity index (χ4n) is 3.64. The number of nitrogens with zero attached hydrogens (tertiary/aromatic N) is 1. The first kappa shape index (κ1) is 12.8. The molecular formula is C13H18NO2S-. The minimum Gasteiger partial charge on any atom is -0.548 e. The molecule has 0 aromatic carbocycles. The molecular weight excluding hydrogens is 234 g/mol. The maximum atomic E-state index is 10.8. The van der Waals surface area contributed by atoms with Crippen LogP contribution < -0.4 is 5.11 Å². The molecule has 0 spiro atoms. The molecule has 2 saturated carbocycles. The summed E-state index contributed by atoms with van der Waals surface area (Å²) in [5, 5.41) is 18.9. The van der Waals surface area contributed by atoms with E-state index < -0.39 is 11.2 Å². The summed E-state index contributed by atoms with van der Waals surface area (Å²) >= 11 is 1.30. The van der Waals surface area contributed by atoms with Gasteiger partial charge in [-0.3, -0.25) is 0 Å². The predicted octanol–water partition coefficient (Wildman–Crippen LogP) is 1.58. The first-order valence-electron chi connectivity index (χ1n) is 6.09. The van der Waals surface area contributed by atoms with Crippen molar-refractivity contribution in [3.63, 3.8) is 0 Å². The minimum absolute atomic E-state index is 0.160. The zero-order valence-electron chi connectivity index (χ0n) is 10.5. The van der Waals surface area contributed by atoms with Gasteiger partial charge >= 0.3 is 0 Å². The highest BCUT2D eigenvalue weighted by atomic mass is 32.2. The number of carbonyl (C=O) groups is 1. The van der Waals surface area contributed by atoms with Crippen molar-refractivity contribution in [3.05, 3.63) is 0 Å². The molecule has 0 heterocycles. The van der Waals surface area contributed by atoms with Crippen molar-refractivity contribution < 1.29 is 9.90 Å². The number of rotatable bonds is 3. The van der Waals surface area contributed by atoms with Crippen molar-refractivity contribution in [2.24, 2.45) is 16.7 Å². The minimum atomic E-state index is -1.25. The highest BCUT2D eigenvalue weighted by molar-refractivity contribution is 8.01. The topological polar surface area (TPSA) is 63.9 Å². The molecule has 0 amide bonds. The third kappa shape index (κ3) is 1.67. The Morgan fingerprint density at radius 1 is 1.53 bits per heavy atom. The molecule has 2 rings (SSSR count). The van der Waals surface area contributed by atoms with Crippen LogP contribution in [-0.4, -0.2) is 16.5 Å². The van der Waals surface area contributed by atoms with E-state index in [1.54, 1.807) is 0 Å². The Bertz CT molecular complexity index is 387. The summed E-state index contributed by atoms with van der Waals surface area (Å²) in [6.07, 6.45) is 3.43. The van der Waals surface area contributed by atoms with Crippen LogP contribution in [-0.2, 0) is 4.79 Å². The molecule has 0 aromatic rings. The second-order valence-electron chi connectivity index (χ2n) is 6.06. The summed E-state index contributed by atoms with van der Waals surface area (Å²) in [6, 6.07) is 1.83. The molecule has 4 heteroatoms. The summed E-state index contributed by atoms with van der Waals surface area (Å²) in [7, 11) is 0. The predicted molar refractivity (Wildman–Crippen MR) is 65.0 cm³/mol. The van der Waals surface area contributed by atoms with Crippen LogP contribution in [0.3, 0.4) is 0 Å². The summed E-state index contributed by atoms with van der Waals surface area (Å²) in [5.41, 5.74) is 0.420. The molecule has 17 heavy (non-hydrogen) atoms. The number of hydrogen-bond donors (Lipinski definition) is 0. The van der Waals surface area contributed by atoms with Gasteiger partial charge in [-0.1, -0.05) is 20.8 Å². The average molecular weight is 252 g/mol. The number of carbonyl (C=O) groups excluding carboxylic acids is 1. The van der Waals surface area contributed by atoms with E-state index in [-0.39, 0.29) is 16.1 Å². The van der Waals surface area contributed by atoms with E-state index in [0.29, 0.717) is 5.92 Å². The van der Waals surface area contributed by atoms with Crippen LogP contribution in [0.4, 0.5) is 0 Å². The summed E-state index contributed by atoms with van der Waals surface area (Å²) in [4.78, 5) is 10.8. The molecule has 0 saturated heterocycles. The first-order chi connectivity index (χ1) is 7.83. The van der Waals surface area contributed by atoms with Gasteiger partial charge in [0.15, 0.2) is 0 Å². The first-order valence-corrected chi connectivity index (χ1v) is 7.03. The van der Waals surface area contributed by atoms with Crippen molar-refractivity contribution >= 4 is 17.7 Å². The smallest absolute Gasteiger partial charge is 0.131 e. The molecule has 2 aliphatic carbocycles. The third-order valence-corrected chi connectivity index (χ3v) is 6.96. The maximum absolute atomic E-state index is 10.8. The number of aliphatic carboxylic acids is 1. The molecule has 94 valence electrons. The van der Waals surface area contributed by atoms with Gasteiger partial charge in [-0.2, -0.15) is 5.26 Å². The van der Waals surface area contributed by atoms with Crippen LogP contribution in [0.2, 0.25) is 0 Å². The van der Waals surface area contributed by atoms with Crippen molar-refractivity contribution in [3.8, 4) is 6.07 Å². The standard InChI is InChI=1S/C13H19NO2S/c1-12(2)8-4-5-13(12,3)10(6-8)17-9(7-14)11(15)16/h8-10H,4-6H2,1-3H3,(H,15,16)/p-1. The zero-order chi connectivity index (χ0) is 12.8. The van der Waals surface area contributed by atoms with Gasteiger partial charge in [0, 0.05) is 5.25 Å².